The third kappa shape index (κ3) is 3.49. The van der Waals surface area contributed by atoms with Crippen LogP contribution in [0.3, 0.4) is 0 Å². The van der Waals surface area contributed by atoms with Crippen LogP contribution in [0.1, 0.15) is 0 Å². The van der Waals surface area contributed by atoms with Gasteiger partial charge in [-0.05, 0) is 60.4 Å². The summed E-state index contributed by atoms with van der Waals surface area (Å²) in [5, 5.41) is 0. The van der Waals surface area contributed by atoms with Crippen LogP contribution < -0.4 is 9.16 Å². The van der Waals surface area contributed by atoms with Crippen LogP contribution in [-0.2, 0) is 0 Å². The van der Waals surface area contributed by atoms with Crippen molar-refractivity contribution in [1.82, 2.24) is 0 Å². The first-order valence-corrected chi connectivity index (χ1v) is 8.93. The molecule has 0 bridgehead atoms. The minimum Gasteiger partial charge on any atom is -0.542 e. The Labute approximate surface area is 99.9 Å². The van der Waals surface area contributed by atoms with Gasteiger partial charge in [-0.25, -0.2) is 0 Å². The van der Waals surface area contributed by atoms with E-state index in [2.05, 4.69) is 42.2 Å². The molecule has 0 heterocycles. The van der Waals surface area contributed by atoms with Gasteiger partial charge in [-0.1, -0.05) is 0 Å². The summed E-state index contributed by atoms with van der Waals surface area (Å²) in [6.07, 6.45) is 0. The number of methoxy groups -OCH3 is 1. The molecule has 0 fully saturated rings. The molecule has 14 heavy (non-hydrogen) atoms. The molecule has 4 heteroatoms. The number of benzene rings is 1. The largest absolute Gasteiger partial charge is 0.542 e. The molecular formula is C10H15IO2Si. The molecule has 0 aromatic heterocycles. The molecule has 0 saturated carbocycles. The molecule has 0 N–H and O–H groups in total. The van der Waals surface area contributed by atoms with Crippen molar-refractivity contribution in [2.24, 2.45) is 0 Å². The molecule has 0 aliphatic heterocycles. The first kappa shape index (κ1) is 11.8. The lowest BCUT2D eigenvalue weighted by Crippen LogP contribution is -2.29. The van der Waals surface area contributed by atoms with Gasteiger partial charge in [-0.3, -0.25) is 0 Å². The zero-order valence-corrected chi connectivity index (χ0v) is 12.1. The van der Waals surface area contributed by atoms with Gasteiger partial charge in [0.15, 0.2) is 5.75 Å². The first-order valence-electron chi connectivity index (χ1n) is 4.45. The molecule has 78 valence electrons. The van der Waals surface area contributed by atoms with Crippen molar-refractivity contribution in [3.8, 4) is 11.5 Å². The Morgan fingerprint density at radius 3 is 2.29 bits per heavy atom. The maximum atomic E-state index is 5.89. The van der Waals surface area contributed by atoms with Gasteiger partial charge in [0.25, 0.3) is 0 Å². The minimum atomic E-state index is -1.55. The highest BCUT2D eigenvalue weighted by molar-refractivity contribution is 14.1. The van der Waals surface area contributed by atoms with Crippen molar-refractivity contribution >= 4 is 30.9 Å². The maximum absolute atomic E-state index is 5.89. The lowest BCUT2D eigenvalue weighted by atomic mass is 10.3. The minimum absolute atomic E-state index is 0.819. The molecule has 0 amide bonds. The first-order chi connectivity index (χ1) is 6.42. The molecule has 0 radical (unpaired) electrons. The van der Waals surface area contributed by atoms with Gasteiger partial charge < -0.3 is 9.16 Å². The molecule has 1 aromatic carbocycles. The molecule has 0 aliphatic rings. The Bertz CT molecular complexity index is 320. The standard InChI is InChI=1S/C10H15IO2Si/c1-12-10-7-8(11)5-6-9(10)13-14(2,3)4/h5-7H,1-4H3. The SMILES string of the molecule is COc1cc(I)ccc1O[Si](C)(C)C. The van der Waals surface area contributed by atoms with E-state index in [0.29, 0.717) is 0 Å². The van der Waals surface area contributed by atoms with Crippen molar-refractivity contribution in [3.63, 3.8) is 0 Å². The zero-order valence-electron chi connectivity index (χ0n) is 8.93. The lowest BCUT2D eigenvalue weighted by molar-refractivity contribution is 0.392. The Balaban J connectivity index is 2.97. The van der Waals surface area contributed by atoms with Crippen molar-refractivity contribution < 1.29 is 9.16 Å². The molecule has 1 rings (SSSR count). The van der Waals surface area contributed by atoms with Crippen LogP contribution in [0.2, 0.25) is 19.6 Å². The summed E-state index contributed by atoms with van der Waals surface area (Å²) < 4.78 is 12.3. The highest BCUT2D eigenvalue weighted by atomic mass is 127. The summed E-state index contributed by atoms with van der Waals surface area (Å²) in [6, 6.07) is 5.98. The molecule has 0 atom stereocenters. The third-order valence-corrected chi connectivity index (χ3v) is 3.05. The van der Waals surface area contributed by atoms with Gasteiger partial charge in [0, 0.05) is 3.57 Å². The monoisotopic (exact) mass is 322 g/mol. The van der Waals surface area contributed by atoms with E-state index >= 15 is 0 Å². The molecule has 1 aromatic rings. The molecule has 0 unspecified atom stereocenters. The van der Waals surface area contributed by atoms with Crippen LogP contribution in [-0.4, -0.2) is 15.4 Å². The van der Waals surface area contributed by atoms with E-state index in [1.165, 1.54) is 0 Å². The summed E-state index contributed by atoms with van der Waals surface area (Å²) in [6.45, 7) is 6.47. The van der Waals surface area contributed by atoms with E-state index < -0.39 is 8.32 Å². The average Bonchev–Trinajstić information content (AvgIpc) is 2.06. The second-order valence-corrected chi connectivity index (χ2v) is 9.68. The number of hydrogen-bond acceptors (Lipinski definition) is 2. The number of rotatable bonds is 3. The van der Waals surface area contributed by atoms with Crippen molar-refractivity contribution in [1.29, 1.82) is 0 Å². The van der Waals surface area contributed by atoms with Gasteiger partial charge in [0.05, 0.1) is 7.11 Å². The van der Waals surface area contributed by atoms with E-state index in [1.54, 1.807) is 7.11 Å². The summed E-state index contributed by atoms with van der Waals surface area (Å²) in [4.78, 5) is 0. The molecule has 0 saturated heterocycles. The van der Waals surface area contributed by atoms with Gasteiger partial charge >= 0.3 is 0 Å². The Kier molecular flexibility index (Phi) is 3.83. The smallest absolute Gasteiger partial charge is 0.242 e. The average molecular weight is 322 g/mol. The van der Waals surface area contributed by atoms with Crippen LogP contribution in [0.25, 0.3) is 0 Å². The van der Waals surface area contributed by atoms with Gasteiger partial charge in [-0.15, -0.1) is 0 Å². The number of ether oxygens (including phenoxy) is 1. The van der Waals surface area contributed by atoms with E-state index in [-0.39, 0.29) is 0 Å². The Morgan fingerprint density at radius 2 is 1.79 bits per heavy atom. The second-order valence-electron chi connectivity index (χ2n) is 4.01. The van der Waals surface area contributed by atoms with Crippen molar-refractivity contribution in [2.45, 2.75) is 19.6 Å². The summed E-state index contributed by atoms with van der Waals surface area (Å²) in [7, 11) is 0.124. The fourth-order valence-electron chi connectivity index (χ4n) is 1.06. The van der Waals surface area contributed by atoms with Crippen molar-refractivity contribution in [3.05, 3.63) is 21.8 Å². The lowest BCUT2D eigenvalue weighted by Gasteiger charge is -2.21. The van der Waals surface area contributed by atoms with Crippen LogP contribution in [0.5, 0.6) is 11.5 Å². The summed E-state index contributed by atoms with van der Waals surface area (Å²) >= 11 is 2.26. The predicted molar refractivity (Wildman–Crippen MR) is 69.7 cm³/mol. The van der Waals surface area contributed by atoms with Gasteiger partial charge in [0.2, 0.25) is 8.32 Å². The molecule has 0 aliphatic carbocycles. The Hall–Kier alpha value is -0.233. The van der Waals surface area contributed by atoms with E-state index in [1.807, 2.05) is 18.2 Å². The quantitative estimate of drug-likeness (QED) is 0.626. The molecule has 2 nitrogen and oxygen atoms in total. The van der Waals surface area contributed by atoms with E-state index in [4.69, 9.17) is 9.16 Å². The van der Waals surface area contributed by atoms with E-state index in [0.717, 1.165) is 15.1 Å². The van der Waals surface area contributed by atoms with Crippen molar-refractivity contribution in [2.75, 3.05) is 7.11 Å². The molecular weight excluding hydrogens is 307 g/mol. The van der Waals surface area contributed by atoms with Crippen LogP contribution in [0, 0.1) is 3.57 Å². The van der Waals surface area contributed by atoms with E-state index in [9.17, 15) is 0 Å². The highest BCUT2D eigenvalue weighted by Gasteiger charge is 2.18. The normalized spacial score (nSPS) is 11.2. The number of halogens is 1. The van der Waals surface area contributed by atoms with Gasteiger partial charge in [-0.2, -0.15) is 0 Å². The third-order valence-electron chi connectivity index (χ3n) is 1.54. The van der Waals surface area contributed by atoms with Crippen LogP contribution in [0.15, 0.2) is 18.2 Å². The topological polar surface area (TPSA) is 18.5 Å². The fourth-order valence-corrected chi connectivity index (χ4v) is 2.35. The fraction of sp³-hybridized carbons (Fsp3) is 0.400. The predicted octanol–water partition coefficient (Wildman–Crippen LogP) is 3.51. The summed E-state index contributed by atoms with van der Waals surface area (Å²) in [5.74, 6) is 1.67. The Morgan fingerprint density at radius 1 is 1.14 bits per heavy atom. The summed E-state index contributed by atoms with van der Waals surface area (Å²) in [5.41, 5.74) is 0. The maximum Gasteiger partial charge on any atom is 0.242 e. The van der Waals surface area contributed by atoms with Gasteiger partial charge in [0.1, 0.15) is 5.75 Å². The molecule has 0 spiro atoms. The van der Waals surface area contributed by atoms with Crippen LogP contribution in [0.4, 0.5) is 0 Å². The highest BCUT2D eigenvalue weighted by Crippen LogP contribution is 2.30. The van der Waals surface area contributed by atoms with Crippen LogP contribution >= 0.6 is 22.6 Å². The zero-order chi connectivity index (χ0) is 10.8. The second kappa shape index (κ2) is 4.52. The number of hydrogen-bond donors (Lipinski definition) is 0.